The van der Waals surface area contributed by atoms with E-state index in [0.29, 0.717) is 24.8 Å². The van der Waals surface area contributed by atoms with Crippen molar-refractivity contribution >= 4 is 35.8 Å². The zero-order valence-corrected chi connectivity index (χ0v) is 18.4. The molecule has 1 fully saturated rings. The van der Waals surface area contributed by atoms with E-state index in [-0.39, 0.29) is 29.7 Å². The van der Waals surface area contributed by atoms with Crippen molar-refractivity contribution in [1.82, 2.24) is 15.5 Å². The molecule has 1 aromatic carbocycles. The van der Waals surface area contributed by atoms with Gasteiger partial charge in [-0.1, -0.05) is 24.3 Å². The molecule has 152 valence electrons. The summed E-state index contributed by atoms with van der Waals surface area (Å²) >= 11 is 0. The number of halogens is 1. The van der Waals surface area contributed by atoms with Crippen LogP contribution in [0.5, 0.6) is 0 Å². The number of rotatable bonds is 7. The summed E-state index contributed by atoms with van der Waals surface area (Å²) in [5, 5.41) is 6.43. The van der Waals surface area contributed by atoms with Crippen LogP contribution in [-0.2, 0) is 19.6 Å². The van der Waals surface area contributed by atoms with Crippen molar-refractivity contribution in [3.8, 4) is 0 Å². The van der Waals surface area contributed by atoms with E-state index in [1.165, 1.54) is 37.1 Å². The lowest BCUT2D eigenvalue weighted by Crippen LogP contribution is -2.36. The molecular formula is C20H28IN5O2. The van der Waals surface area contributed by atoms with E-state index in [1.54, 1.807) is 19.2 Å². The Kier molecular flexibility index (Phi) is 8.78. The largest absolute Gasteiger partial charge is 0.454 e. The molecule has 0 atom stereocenters. The van der Waals surface area contributed by atoms with Gasteiger partial charge in [-0.3, -0.25) is 14.7 Å². The summed E-state index contributed by atoms with van der Waals surface area (Å²) in [6, 6.07) is 12.0. The summed E-state index contributed by atoms with van der Waals surface area (Å²) < 4.78 is 5.35. The molecule has 2 heterocycles. The van der Waals surface area contributed by atoms with Crippen molar-refractivity contribution in [2.24, 2.45) is 10.7 Å². The monoisotopic (exact) mass is 497 g/mol. The number of nitrogens with zero attached hydrogens (tertiary/aromatic N) is 2. The minimum atomic E-state index is -0.572. The molecule has 1 aromatic heterocycles. The molecule has 3 rings (SSSR count). The smallest absolute Gasteiger partial charge is 0.284 e. The highest BCUT2D eigenvalue weighted by molar-refractivity contribution is 14.0. The van der Waals surface area contributed by atoms with Crippen LogP contribution >= 0.6 is 24.0 Å². The van der Waals surface area contributed by atoms with E-state index in [9.17, 15) is 4.79 Å². The van der Waals surface area contributed by atoms with Crippen molar-refractivity contribution < 1.29 is 9.21 Å². The van der Waals surface area contributed by atoms with Gasteiger partial charge in [0.15, 0.2) is 11.7 Å². The van der Waals surface area contributed by atoms with E-state index in [4.69, 9.17) is 10.2 Å². The molecule has 1 aliphatic rings. The Morgan fingerprint density at radius 3 is 2.32 bits per heavy atom. The quantitative estimate of drug-likeness (QED) is 0.311. The zero-order valence-electron chi connectivity index (χ0n) is 16.1. The third kappa shape index (κ3) is 6.52. The first-order chi connectivity index (χ1) is 13.1. The van der Waals surface area contributed by atoms with Gasteiger partial charge in [0, 0.05) is 20.1 Å². The highest BCUT2D eigenvalue weighted by Crippen LogP contribution is 2.13. The third-order valence-corrected chi connectivity index (χ3v) is 4.65. The van der Waals surface area contributed by atoms with Crippen LogP contribution in [0.3, 0.4) is 0 Å². The topological polar surface area (TPSA) is 95.9 Å². The molecule has 7 nitrogen and oxygen atoms in total. The molecule has 0 aliphatic carbocycles. The van der Waals surface area contributed by atoms with E-state index >= 15 is 0 Å². The number of nitrogens with two attached hydrogens (primary N) is 1. The van der Waals surface area contributed by atoms with Crippen LogP contribution in [0.2, 0.25) is 0 Å². The number of primary amides is 1. The lowest BCUT2D eigenvalue weighted by molar-refractivity contribution is 0.0972. The maximum absolute atomic E-state index is 11.1. The summed E-state index contributed by atoms with van der Waals surface area (Å²) in [7, 11) is 1.71. The molecule has 8 heteroatoms. The van der Waals surface area contributed by atoms with Gasteiger partial charge in [0.25, 0.3) is 5.91 Å². The Morgan fingerprint density at radius 2 is 1.71 bits per heavy atom. The Morgan fingerprint density at radius 1 is 1.07 bits per heavy atom. The fourth-order valence-electron chi connectivity index (χ4n) is 3.14. The first-order valence-corrected chi connectivity index (χ1v) is 9.27. The molecule has 0 spiro atoms. The fraction of sp³-hybridized carbons (Fsp3) is 0.400. The van der Waals surface area contributed by atoms with Crippen LogP contribution < -0.4 is 16.4 Å². The summed E-state index contributed by atoms with van der Waals surface area (Å²) in [6.07, 6.45) is 2.63. The molecule has 4 N–H and O–H groups in total. The molecule has 28 heavy (non-hydrogen) atoms. The maximum Gasteiger partial charge on any atom is 0.284 e. The molecule has 1 amide bonds. The van der Waals surface area contributed by atoms with Gasteiger partial charge in [0.1, 0.15) is 5.76 Å². The number of carbonyl (C=O) groups is 1. The van der Waals surface area contributed by atoms with Gasteiger partial charge in [-0.25, -0.2) is 0 Å². The van der Waals surface area contributed by atoms with Gasteiger partial charge in [0.2, 0.25) is 0 Å². The predicted octanol–water partition coefficient (Wildman–Crippen LogP) is 2.46. The number of hydrogen-bond acceptors (Lipinski definition) is 4. The first-order valence-electron chi connectivity index (χ1n) is 9.27. The second-order valence-corrected chi connectivity index (χ2v) is 6.71. The molecule has 0 unspecified atom stereocenters. The van der Waals surface area contributed by atoms with Crippen LogP contribution in [0.25, 0.3) is 0 Å². The Labute approximate surface area is 182 Å². The summed E-state index contributed by atoms with van der Waals surface area (Å²) in [4.78, 5) is 17.8. The van der Waals surface area contributed by atoms with Gasteiger partial charge in [-0.15, -0.1) is 24.0 Å². The normalized spacial score (nSPS) is 14.5. The lowest BCUT2D eigenvalue weighted by Gasteiger charge is -2.15. The van der Waals surface area contributed by atoms with Crippen molar-refractivity contribution in [2.75, 3.05) is 20.1 Å². The number of furan rings is 1. The van der Waals surface area contributed by atoms with Crippen LogP contribution in [0.1, 0.15) is 40.3 Å². The van der Waals surface area contributed by atoms with Crippen molar-refractivity contribution in [1.29, 1.82) is 0 Å². The Hall–Kier alpha value is -2.07. The number of benzene rings is 1. The van der Waals surface area contributed by atoms with Gasteiger partial charge < -0.3 is 20.8 Å². The van der Waals surface area contributed by atoms with Gasteiger partial charge >= 0.3 is 0 Å². The van der Waals surface area contributed by atoms with E-state index in [0.717, 1.165) is 6.54 Å². The molecule has 2 aromatic rings. The number of aliphatic imine (C=N–C) groups is 1. The maximum atomic E-state index is 11.1. The summed E-state index contributed by atoms with van der Waals surface area (Å²) in [5.74, 6) is 0.867. The Balaban J connectivity index is 0.00000280. The number of guanidine groups is 1. The number of hydrogen-bond donors (Lipinski definition) is 3. The molecule has 0 bridgehead atoms. The number of carbonyl (C=O) groups excluding carboxylic acids is 1. The van der Waals surface area contributed by atoms with Gasteiger partial charge in [0.05, 0.1) is 6.54 Å². The van der Waals surface area contributed by atoms with E-state index in [2.05, 4.69) is 44.8 Å². The molecular weight excluding hydrogens is 469 g/mol. The SMILES string of the molecule is CN=C(NCc1ccc(CN2CCCC2)cc1)NCc1ccc(C(N)=O)o1.I. The van der Waals surface area contributed by atoms with E-state index in [1.807, 2.05) is 0 Å². The second-order valence-electron chi connectivity index (χ2n) is 6.71. The summed E-state index contributed by atoms with van der Waals surface area (Å²) in [5.41, 5.74) is 7.73. The molecule has 0 radical (unpaired) electrons. The van der Waals surface area contributed by atoms with Crippen LogP contribution in [0.4, 0.5) is 0 Å². The van der Waals surface area contributed by atoms with Crippen LogP contribution in [0.15, 0.2) is 45.8 Å². The molecule has 0 saturated carbocycles. The highest BCUT2D eigenvalue weighted by atomic mass is 127. The highest BCUT2D eigenvalue weighted by Gasteiger charge is 2.11. The van der Waals surface area contributed by atoms with E-state index < -0.39 is 5.91 Å². The van der Waals surface area contributed by atoms with Crippen LogP contribution in [-0.4, -0.2) is 36.9 Å². The van der Waals surface area contributed by atoms with Gasteiger partial charge in [-0.05, 0) is 49.2 Å². The van der Waals surface area contributed by atoms with Crippen LogP contribution in [0, 0.1) is 0 Å². The molecule has 1 saturated heterocycles. The van der Waals surface area contributed by atoms with Crippen molar-refractivity contribution in [2.45, 2.75) is 32.5 Å². The van der Waals surface area contributed by atoms with Crippen molar-refractivity contribution in [3.63, 3.8) is 0 Å². The van der Waals surface area contributed by atoms with Crippen molar-refractivity contribution in [3.05, 3.63) is 59.0 Å². The summed E-state index contributed by atoms with van der Waals surface area (Å²) in [6.45, 7) is 4.55. The third-order valence-electron chi connectivity index (χ3n) is 4.65. The predicted molar refractivity (Wildman–Crippen MR) is 121 cm³/mol. The zero-order chi connectivity index (χ0) is 19.1. The number of amides is 1. The number of likely N-dealkylation sites (tertiary alicyclic amines) is 1. The fourth-order valence-corrected chi connectivity index (χ4v) is 3.14. The first kappa shape index (κ1) is 22.2. The standard InChI is InChI=1S/C20H27N5O2.HI/c1-22-20(24-13-17-8-9-18(27-17)19(21)26)23-12-15-4-6-16(7-5-15)14-25-10-2-3-11-25;/h4-9H,2-3,10-14H2,1H3,(H2,21,26)(H2,22,23,24);1H. The second kappa shape index (κ2) is 11.1. The lowest BCUT2D eigenvalue weighted by atomic mass is 10.1. The molecule has 1 aliphatic heterocycles. The minimum Gasteiger partial charge on any atom is -0.454 e. The average molecular weight is 497 g/mol. The Bertz CT molecular complexity index is 782. The number of nitrogens with one attached hydrogen (secondary N) is 2. The average Bonchev–Trinajstić information content (AvgIpc) is 3.35. The van der Waals surface area contributed by atoms with Gasteiger partial charge in [-0.2, -0.15) is 0 Å². The minimum absolute atomic E-state index is 0.